The molecular formula is C20H25N3O2. The number of hydrogen-bond donors (Lipinski definition) is 0. The summed E-state index contributed by atoms with van der Waals surface area (Å²) in [5.41, 5.74) is 3.35. The van der Waals surface area contributed by atoms with Gasteiger partial charge in [-0.05, 0) is 50.8 Å². The number of ether oxygens (including phenoxy) is 1. The van der Waals surface area contributed by atoms with Crippen LogP contribution in [0.1, 0.15) is 35.8 Å². The third kappa shape index (κ3) is 3.15. The van der Waals surface area contributed by atoms with Crippen molar-refractivity contribution in [3.63, 3.8) is 0 Å². The van der Waals surface area contributed by atoms with Crippen molar-refractivity contribution >= 4 is 5.91 Å². The molecule has 0 bridgehead atoms. The molecule has 5 heteroatoms. The van der Waals surface area contributed by atoms with E-state index in [1.54, 1.807) is 0 Å². The first kappa shape index (κ1) is 16.2. The number of carbonyl (C=O) groups is 1. The van der Waals surface area contributed by atoms with Gasteiger partial charge in [0, 0.05) is 18.8 Å². The van der Waals surface area contributed by atoms with Gasteiger partial charge in [-0.25, -0.2) is 0 Å². The molecule has 1 aromatic carbocycles. The Morgan fingerprint density at radius 2 is 2.12 bits per heavy atom. The summed E-state index contributed by atoms with van der Waals surface area (Å²) in [7, 11) is 0. The third-order valence-corrected chi connectivity index (χ3v) is 5.33. The van der Waals surface area contributed by atoms with Crippen molar-refractivity contribution in [2.45, 2.75) is 39.2 Å². The molecule has 1 aromatic heterocycles. The molecule has 0 spiro atoms. The molecule has 2 aliphatic rings. The van der Waals surface area contributed by atoms with Crippen LogP contribution in [0.2, 0.25) is 0 Å². The quantitative estimate of drug-likeness (QED) is 0.845. The molecule has 1 fully saturated rings. The Morgan fingerprint density at radius 1 is 1.28 bits per heavy atom. The number of para-hydroxylation sites is 1. The predicted molar refractivity (Wildman–Crippen MR) is 95.7 cm³/mol. The predicted octanol–water partition coefficient (Wildman–Crippen LogP) is 2.91. The zero-order valence-electron chi connectivity index (χ0n) is 14.9. The van der Waals surface area contributed by atoms with Crippen molar-refractivity contribution in [3.05, 3.63) is 47.3 Å². The summed E-state index contributed by atoms with van der Waals surface area (Å²) in [5.74, 6) is 1.07. The molecule has 1 amide bonds. The van der Waals surface area contributed by atoms with Crippen molar-refractivity contribution in [1.29, 1.82) is 0 Å². The Bertz CT molecular complexity index is 783. The first-order valence-electron chi connectivity index (χ1n) is 9.14. The molecule has 2 aliphatic heterocycles. The summed E-state index contributed by atoms with van der Waals surface area (Å²) in [5, 5.41) is 4.62. The third-order valence-electron chi connectivity index (χ3n) is 5.33. The maximum absolute atomic E-state index is 13.0. The van der Waals surface area contributed by atoms with Crippen LogP contribution < -0.4 is 4.74 Å². The monoisotopic (exact) mass is 339 g/mol. The van der Waals surface area contributed by atoms with Gasteiger partial charge in [0.2, 0.25) is 5.91 Å². The number of aromatic nitrogens is 2. The Hall–Kier alpha value is -2.30. The Labute approximate surface area is 148 Å². The van der Waals surface area contributed by atoms with Gasteiger partial charge in [-0.3, -0.25) is 9.48 Å². The van der Waals surface area contributed by atoms with Crippen molar-refractivity contribution in [1.82, 2.24) is 14.7 Å². The van der Waals surface area contributed by atoms with E-state index in [2.05, 4.69) is 28.8 Å². The molecule has 0 unspecified atom stereocenters. The van der Waals surface area contributed by atoms with Crippen LogP contribution in [0.5, 0.6) is 5.75 Å². The standard InChI is InChI=1S/C20H25N3O2/c1-14-10-15(2)23(21-14)18-7-5-9-22(12-18)20(24)17-11-16-6-3-4-8-19(16)25-13-17/h3-4,6,8,10,17-18H,5,7,9,11-13H2,1-2H3/t17-,18-/m1/s1. The van der Waals surface area contributed by atoms with Crippen molar-refractivity contribution < 1.29 is 9.53 Å². The minimum absolute atomic E-state index is 0.0749. The van der Waals surface area contributed by atoms with Crippen molar-refractivity contribution in [3.8, 4) is 5.75 Å². The molecule has 0 N–H and O–H groups in total. The molecule has 25 heavy (non-hydrogen) atoms. The second kappa shape index (κ2) is 6.54. The highest BCUT2D eigenvalue weighted by molar-refractivity contribution is 5.80. The van der Waals surface area contributed by atoms with E-state index < -0.39 is 0 Å². The largest absolute Gasteiger partial charge is 0.492 e. The molecule has 132 valence electrons. The van der Waals surface area contributed by atoms with Gasteiger partial charge in [0.25, 0.3) is 0 Å². The number of benzene rings is 1. The highest BCUT2D eigenvalue weighted by Crippen LogP contribution is 2.30. The lowest BCUT2D eigenvalue weighted by Gasteiger charge is -2.36. The van der Waals surface area contributed by atoms with Crippen molar-refractivity contribution in [2.75, 3.05) is 19.7 Å². The van der Waals surface area contributed by atoms with Crippen LogP contribution in [0.25, 0.3) is 0 Å². The van der Waals surface area contributed by atoms with Gasteiger partial charge in [-0.1, -0.05) is 18.2 Å². The fourth-order valence-corrected chi connectivity index (χ4v) is 4.12. The molecule has 0 radical (unpaired) electrons. The molecule has 2 aromatic rings. The fraction of sp³-hybridized carbons (Fsp3) is 0.500. The van der Waals surface area contributed by atoms with E-state index in [1.165, 1.54) is 5.69 Å². The normalized spacial score (nSPS) is 23.0. The van der Waals surface area contributed by atoms with Crippen LogP contribution in [0.4, 0.5) is 0 Å². The van der Waals surface area contributed by atoms with Crippen LogP contribution in [0.15, 0.2) is 30.3 Å². The summed E-state index contributed by atoms with van der Waals surface area (Å²) in [4.78, 5) is 15.1. The number of piperidine rings is 1. The Balaban J connectivity index is 1.46. The highest BCUT2D eigenvalue weighted by Gasteiger charge is 2.33. The van der Waals surface area contributed by atoms with Gasteiger partial charge < -0.3 is 9.64 Å². The lowest BCUT2D eigenvalue weighted by Crippen LogP contribution is -2.46. The Morgan fingerprint density at radius 3 is 2.92 bits per heavy atom. The molecule has 0 saturated carbocycles. The minimum Gasteiger partial charge on any atom is -0.492 e. The fourth-order valence-electron chi connectivity index (χ4n) is 4.12. The summed E-state index contributed by atoms with van der Waals surface area (Å²) in [6.07, 6.45) is 2.88. The van der Waals surface area contributed by atoms with Gasteiger partial charge in [-0.15, -0.1) is 0 Å². The summed E-state index contributed by atoms with van der Waals surface area (Å²) in [6, 6.07) is 10.4. The molecule has 5 nitrogen and oxygen atoms in total. The van der Waals surface area contributed by atoms with E-state index in [-0.39, 0.29) is 17.9 Å². The van der Waals surface area contributed by atoms with Crippen molar-refractivity contribution in [2.24, 2.45) is 5.92 Å². The maximum atomic E-state index is 13.0. The van der Waals surface area contributed by atoms with Crippen LogP contribution in [0.3, 0.4) is 0 Å². The topological polar surface area (TPSA) is 47.4 Å². The number of nitrogens with zero attached hydrogens (tertiary/aromatic N) is 3. The Kier molecular flexibility index (Phi) is 4.24. The van der Waals surface area contributed by atoms with E-state index in [4.69, 9.17) is 4.74 Å². The summed E-state index contributed by atoms with van der Waals surface area (Å²) >= 11 is 0. The van der Waals surface area contributed by atoms with Gasteiger partial charge in [0.1, 0.15) is 12.4 Å². The number of fused-ring (bicyclic) bond motifs is 1. The SMILES string of the molecule is Cc1cc(C)n([C@@H]2CCCN(C(=O)[C@H]3COc4ccccc4C3)C2)n1. The zero-order valence-corrected chi connectivity index (χ0v) is 14.9. The molecule has 2 atom stereocenters. The van der Waals surface area contributed by atoms with Crippen LogP contribution >= 0.6 is 0 Å². The number of hydrogen-bond acceptors (Lipinski definition) is 3. The molecule has 1 saturated heterocycles. The van der Waals surface area contributed by atoms with Gasteiger partial charge in [0.05, 0.1) is 17.7 Å². The van der Waals surface area contributed by atoms with Crippen LogP contribution in [-0.4, -0.2) is 40.3 Å². The van der Waals surface area contributed by atoms with E-state index in [1.807, 2.05) is 30.0 Å². The first-order valence-corrected chi connectivity index (χ1v) is 9.14. The average molecular weight is 339 g/mol. The number of amides is 1. The van der Waals surface area contributed by atoms with Gasteiger partial charge >= 0.3 is 0 Å². The number of likely N-dealkylation sites (tertiary alicyclic amines) is 1. The molecule has 0 aliphatic carbocycles. The van der Waals surface area contributed by atoms with E-state index in [0.717, 1.165) is 49.4 Å². The van der Waals surface area contributed by atoms with E-state index >= 15 is 0 Å². The second-order valence-electron chi connectivity index (χ2n) is 7.27. The average Bonchev–Trinajstić information content (AvgIpc) is 2.99. The van der Waals surface area contributed by atoms with Gasteiger partial charge in [-0.2, -0.15) is 5.10 Å². The van der Waals surface area contributed by atoms with Crippen LogP contribution in [0, 0.1) is 19.8 Å². The highest BCUT2D eigenvalue weighted by atomic mass is 16.5. The first-order chi connectivity index (χ1) is 12.1. The molecular weight excluding hydrogens is 314 g/mol. The summed E-state index contributed by atoms with van der Waals surface area (Å²) in [6.45, 7) is 6.18. The van der Waals surface area contributed by atoms with Gasteiger partial charge in [0.15, 0.2) is 0 Å². The van der Waals surface area contributed by atoms with Crippen LogP contribution in [-0.2, 0) is 11.2 Å². The lowest BCUT2D eigenvalue weighted by molar-refractivity contribution is -0.138. The summed E-state index contributed by atoms with van der Waals surface area (Å²) < 4.78 is 7.92. The van der Waals surface area contributed by atoms with E-state index in [0.29, 0.717) is 6.61 Å². The number of carbonyl (C=O) groups excluding carboxylic acids is 1. The van der Waals surface area contributed by atoms with E-state index in [9.17, 15) is 4.79 Å². The zero-order chi connectivity index (χ0) is 17.4. The molecule has 4 rings (SSSR count). The maximum Gasteiger partial charge on any atom is 0.229 e. The lowest BCUT2D eigenvalue weighted by atomic mass is 9.94. The second-order valence-corrected chi connectivity index (χ2v) is 7.27. The minimum atomic E-state index is -0.0749. The molecule has 3 heterocycles. The smallest absolute Gasteiger partial charge is 0.229 e. The number of aryl methyl sites for hydroxylation is 2. The number of rotatable bonds is 2.